The first-order valence-corrected chi connectivity index (χ1v) is 8.31. The van der Waals surface area contributed by atoms with Gasteiger partial charge in [0.15, 0.2) is 5.96 Å². The number of nitrogens with zero attached hydrogens (tertiary/aromatic N) is 4. The Kier molecular flexibility index (Phi) is 7.14. The number of halogens is 1. The zero-order valence-electron chi connectivity index (χ0n) is 13.7. The number of para-hydroxylation sites is 2. The van der Waals surface area contributed by atoms with Gasteiger partial charge in [-0.1, -0.05) is 12.1 Å². The van der Waals surface area contributed by atoms with Crippen molar-refractivity contribution in [2.45, 2.75) is 32.7 Å². The molecule has 0 saturated carbocycles. The number of rotatable bonds is 5. The minimum absolute atomic E-state index is 0. The van der Waals surface area contributed by atoms with E-state index in [0.29, 0.717) is 0 Å². The largest absolute Gasteiger partial charge is 0.357 e. The van der Waals surface area contributed by atoms with Crippen LogP contribution in [-0.2, 0) is 6.54 Å². The van der Waals surface area contributed by atoms with Crippen LogP contribution in [0, 0.1) is 0 Å². The molecule has 0 unspecified atom stereocenters. The third-order valence-electron chi connectivity index (χ3n) is 4.09. The summed E-state index contributed by atoms with van der Waals surface area (Å²) < 4.78 is 2.22. The molecule has 126 valence electrons. The number of fused-ring (bicyclic) bond motifs is 1. The summed E-state index contributed by atoms with van der Waals surface area (Å²) >= 11 is 0. The molecule has 1 fully saturated rings. The van der Waals surface area contributed by atoms with Crippen LogP contribution in [0.15, 0.2) is 35.6 Å². The highest BCUT2D eigenvalue weighted by Gasteiger charge is 2.15. The van der Waals surface area contributed by atoms with E-state index in [0.717, 1.165) is 50.6 Å². The summed E-state index contributed by atoms with van der Waals surface area (Å²) in [7, 11) is 0. The highest BCUT2D eigenvalue weighted by Crippen LogP contribution is 2.12. The number of hydrogen-bond donors (Lipinski definition) is 1. The monoisotopic (exact) mass is 427 g/mol. The lowest BCUT2D eigenvalue weighted by atomic mass is 10.3. The third-order valence-corrected chi connectivity index (χ3v) is 4.09. The van der Waals surface area contributed by atoms with Crippen molar-refractivity contribution in [1.82, 2.24) is 19.8 Å². The Morgan fingerprint density at radius 3 is 2.83 bits per heavy atom. The summed E-state index contributed by atoms with van der Waals surface area (Å²) in [4.78, 5) is 11.6. The van der Waals surface area contributed by atoms with Gasteiger partial charge < -0.3 is 14.8 Å². The molecular formula is C17H26IN5. The van der Waals surface area contributed by atoms with E-state index >= 15 is 0 Å². The predicted octanol–water partition coefficient (Wildman–Crippen LogP) is 3.11. The minimum Gasteiger partial charge on any atom is -0.357 e. The number of hydrogen-bond acceptors (Lipinski definition) is 2. The Morgan fingerprint density at radius 2 is 2.04 bits per heavy atom. The van der Waals surface area contributed by atoms with Crippen molar-refractivity contribution in [1.29, 1.82) is 0 Å². The zero-order chi connectivity index (χ0) is 15.2. The maximum absolute atomic E-state index is 4.77. The van der Waals surface area contributed by atoms with E-state index < -0.39 is 0 Å². The molecule has 0 bridgehead atoms. The Balaban J connectivity index is 0.00000192. The maximum atomic E-state index is 4.77. The van der Waals surface area contributed by atoms with Crippen LogP contribution in [0.3, 0.4) is 0 Å². The molecule has 1 saturated heterocycles. The molecule has 3 rings (SSSR count). The Morgan fingerprint density at radius 1 is 1.26 bits per heavy atom. The molecule has 1 aromatic carbocycles. The van der Waals surface area contributed by atoms with Crippen LogP contribution < -0.4 is 5.32 Å². The van der Waals surface area contributed by atoms with Gasteiger partial charge in [-0.3, -0.25) is 4.99 Å². The second-order valence-electron chi connectivity index (χ2n) is 5.71. The molecule has 0 amide bonds. The van der Waals surface area contributed by atoms with E-state index in [2.05, 4.69) is 44.9 Å². The van der Waals surface area contributed by atoms with Gasteiger partial charge in [0.05, 0.1) is 17.4 Å². The van der Waals surface area contributed by atoms with E-state index in [-0.39, 0.29) is 24.0 Å². The van der Waals surface area contributed by atoms with Gasteiger partial charge in [0, 0.05) is 32.7 Å². The van der Waals surface area contributed by atoms with Gasteiger partial charge in [-0.05, 0) is 38.3 Å². The number of aliphatic imine (C=N–C) groups is 1. The molecule has 5 nitrogen and oxygen atoms in total. The van der Waals surface area contributed by atoms with Crippen molar-refractivity contribution in [3.8, 4) is 0 Å². The lowest BCUT2D eigenvalue weighted by Gasteiger charge is -2.20. The van der Waals surface area contributed by atoms with Gasteiger partial charge in [0.1, 0.15) is 0 Å². The molecule has 2 heterocycles. The lowest BCUT2D eigenvalue weighted by Crippen LogP contribution is -2.39. The van der Waals surface area contributed by atoms with E-state index in [1.165, 1.54) is 18.4 Å². The molecule has 0 aliphatic carbocycles. The smallest absolute Gasteiger partial charge is 0.193 e. The number of aromatic nitrogens is 2. The van der Waals surface area contributed by atoms with Crippen molar-refractivity contribution in [3.05, 3.63) is 30.6 Å². The standard InChI is InChI=1S/C17H25N5.HI/c1-2-18-17(21-11-5-6-12-21)19-10-7-13-22-14-20-15-8-3-4-9-16(15)22;/h3-4,8-9,14H,2,5-7,10-13H2,1H3,(H,18,19);1H. The average Bonchev–Trinajstić information content (AvgIpc) is 3.20. The molecular weight excluding hydrogens is 401 g/mol. The molecule has 6 heteroatoms. The van der Waals surface area contributed by atoms with Crippen molar-refractivity contribution in [2.24, 2.45) is 4.99 Å². The highest BCUT2D eigenvalue weighted by molar-refractivity contribution is 14.0. The molecule has 0 radical (unpaired) electrons. The second kappa shape index (κ2) is 9.10. The van der Waals surface area contributed by atoms with Crippen LogP contribution in [0.1, 0.15) is 26.2 Å². The van der Waals surface area contributed by atoms with Crippen molar-refractivity contribution in [3.63, 3.8) is 0 Å². The fourth-order valence-corrected chi connectivity index (χ4v) is 2.97. The first kappa shape index (κ1) is 18.0. The van der Waals surface area contributed by atoms with Gasteiger partial charge >= 0.3 is 0 Å². The van der Waals surface area contributed by atoms with Gasteiger partial charge in [-0.25, -0.2) is 4.98 Å². The summed E-state index contributed by atoms with van der Waals surface area (Å²) in [5, 5.41) is 3.40. The molecule has 1 aliphatic heterocycles. The van der Waals surface area contributed by atoms with E-state index in [4.69, 9.17) is 4.99 Å². The normalized spacial score (nSPS) is 15.0. The topological polar surface area (TPSA) is 45.5 Å². The Hall–Kier alpha value is -1.31. The van der Waals surface area contributed by atoms with Crippen molar-refractivity contribution < 1.29 is 0 Å². The maximum Gasteiger partial charge on any atom is 0.193 e. The number of imidazole rings is 1. The predicted molar refractivity (Wildman–Crippen MR) is 107 cm³/mol. The summed E-state index contributed by atoms with van der Waals surface area (Å²) in [5.41, 5.74) is 2.27. The molecule has 2 aromatic rings. The summed E-state index contributed by atoms with van der Waals surface area (Å²) in [6, 6.07) is 8.28. The van der Waals surface area contributed by atoms with E-state index in [1.54, 1.807) is 0 Å². The van der Waals surface area contributed by atoms with E-state index in [1.807, 2.05) is 12.4 Å². The van der Waals surface area contributed by atoms with Crippen molar-refractivity contribution >= 4 is 41.0 Å². The summed E-state index contributed by atoms with van der Waals surface area (Å²) in [5.74, 6) is 1.08. The summed E-state index contributed by atoms with van der Waals surface area (Å²) in [6.45, 7) is 7.15. The molecule has 23 heavy (non-hydrogen) atoms. The number of benzene rings is 1. The minimum atomic E-state index is 0. The molecule has 1 aromatic heterocycles. The number of likely N-dealkylation sites (tertiary alicyclic amines) is 1. The van der Waals surface area contributed by atoms with Crippen LogP contribution in [-0.4, -0.2) is 46.6 Å². The zero-order valence-corrected chi connectivity index (χ0v) is 16.1. The number of nitrogens with one attached hydrogen (secondary N) is 1. The van der Waals surface area contributed by atoms with Gasteiger partial charge in [-0.15, -0.1) is 24.0 Å². The van der Waals surface area contributed by atoms with Crippen LogP contribution in [0.25, 0.3) is 11.0 Å². The fourth-order valence-electron chi connectivity index (χ4n) is 2.97. The molecule has 1 N–H and O–H groups in total. The first-order valence-electron chi connectivity index (χ1n) is 8.31. The Labute approximate surface area is 155 Å². The van der Waals surface area contributed by atoms with Crippen LogP contribution in [0.2, 0.25) is 0 Å². The van der Waals surface area contributed by atoms with Crippen LogP contribution >= 0.6 is 24.0 Å². The van der Waals surface area contributed by atoms with Crippen molar-refractivity contribution in [2.75, 3.05) is 26.2 Å². The highest BCUT2D eigenvalue weighted by atomic mass is 127. The van der Waals surface area contributed by atoms with Gasteiger partial charge in [0.2, 0.25) is 0 Å². The average molecular weight is 427 g/mol. The third kappa shape index (κ3) is 4.59. The molecule has 0 spiro atoms. The summed E-state index contributed by atoms with van der Waals surface area (Å²) in [6.07, 6.45) is 5.53. The molecule has 1 aliphatic rings. The number of guanidine groups is 1. The van der Waals surface area contributed by atoms with Gasteiger partial charge in [-0.2, -0.15) is 0 Å². The van der Waals surface area contributed by atoms with Crippen LogP contribution in [0.5, 0.6) is 0 Å². The first-order chi connectivity index (χ1) is 10.9. The SMILES string of the molecule is CCNC(=NCCCn1cnc2ccccc21)N1CCCC1.I. The quantitative estimate of drug-likeness (QED) is 0.345. The fraction of sp³-hybridized carbons (Fsp3) is 0.529. The van der Waals surface area contributed by atoms with E-state index in [9.17, 15) is 0 Å². The Bertz CT molecular complexity index is 631. The lowest BCUT2D eigenvalue weighted by molar-refractivity contribution is 0.492. The van der Waals surface area contributed by atoms with Crippen LogP contribution in [0.4, 0.5) is 0 Å². The second-order valence-corrected chi connectivity index (χ2v) is 5.71. The van der Waals surface area contributed by atoms with Gasteiger partial charge in [0.25, 0.3) is 0 Å². The number of aryl methyl sites for hydroxylation is 1. The molecule has 0 atom stereocenters.